The summed E-state index contributed by atoms with van der Waals surface area (Å²) in [7, 11) is 0. The highest BCUT2D eigenvalue weighted by Gasteiger charge is 2.16. The Hall–Kier alpha value is -2.86. The van der Waals surface area contributed by atoms with Crippen LogP contribution < -0.4 is 10.2 Å². The summed E-state index contributed by atoms with van der Waals surface area (Å²) >= 11 is 0. The van der Waals surface area contributed by atoms with Gasteiger partial charge in [0.25, 0.3) is 0 Å². The van der Waals surface area contributed by atoms with E-state index in [9.17, 15) is 4.39 Å². The average Bonchev–Trinajstić information content (AvgIpc) is 2.69. The molecule has 4 rings (SSSR count). The number of halogens is 1. The predicted molar refractivity (Wildman–Crippen MR) is 95.7 cm³/mol. The third-order valence-electron chi connectivity index (χ3n) is 4.19. The SMILES string of the molecule is Fc1cccc(-c2nc(-c3cccnc3)cc(N3CCNCC3)n2)c1. The number of pyridine rings is 1. The third kappa shape index (κ3) is 3.49. The van der Waals surface area contributed by atoms with Crippen LogP contribution in [0.2, 0.25) is 0 Å². The Kier molecular flexibility index (Phi) is 4.35. The number of piperazine rings is 1. The molecule has 0 aliphatic carbocycles. The molecule has 1 fully saturated rings. The number of rotatable bonds is 3. The Morgan fingerprint density at radius 1 is 0.960 bits per heavy atom. The van der Waals surface area contributed by atoms with E-state index in [4.69, 9.17) is 4.98 Å². The Labute approximate surface area is 145 Å². The highest BCUT2D eigenvalue weighted by atomic mass is 19.1. The lowest BCUT2D eigenvalue weighted by Gasteiger charge is -2.28. The zero-order valence-electron chi connectivity index (χ0n) is 13.7. The number of nitrogens with one attached hydrogen (secondary N) is 1. The molecule has 25 heavy (non-hydrogen) atoms. The predicted octanol–water partition coefficient (Wildman–Crippen LogP) is 2.75. The second-order valence-corrected chi connectivity index (χ2v) is 5.92. The summed E-state index contributed by atoms with van der Waals surface area (Å²) in [6.07, 6.45) is 3.51. The zero-order chi connectivity index (χ0) is 17.1. The number of nitrogens with zero attached hydrogens (tertiary/aromatic N) is 4. The fraction of sp³-hybridized carbons (Fsp3) is 0.211. The number of aromatic nitrogens is 3. The van der Waals surface area contributed by atoms with E-state index in [0.717, 1.165) is 43.3 Å². The third-order valence-corrected chi connectivity index (χ3v) is 4.19. The van der Waals surface area contributed by atoms with E-state index in [-0.39, 0.29) is 5.82 Å². The summed E-state index contributed by atoms with van der Waals surface area (Å²) in [5.41, 5.74) is 2.37. The summed E-state index contributed by atoms with van der Waals surface area (Å²) in [6.45, 7) is 3.60. The molecule has 1 aromatic carbocycles. The van der Waals surface area contributed by atoms with Gasteiger partial charge in [0.05, 0.1) is 5.69 Å². The standard InChI is InChI=1S/C19H18FN5/c20-16-5-1-3-14(11-16)19-23-17(15-4-2-6-22-13-15)12-18(24-19)25-9-7-21-8-10-25/h1-6,11-13,21H,7-10H2. The van der Waals surface area contributed by atoms with Crippen LogP contribution in [0.25, 0.3) is 22.6 Å². The van der Waals surface area contributed by atoms with Gasteiger partial charge in [0.15, 0.2) is 5.82 Å². The van der Waals surface area contributed by atoms with E-state index in [0.29, 0.717) is 11.4 Å². The fourth-order valence-corrected chi connectivity index (χ4v) is 2.91. The lowest BCUT2D eigenvalue weighted by atomic mass is 10.1. The summed E-state index contributed by atoms with van der Waals surface area (Å²) in [5, 5.41) is 3.34. The zero-order valence-corrected chi connectivity index (χ0v) is 13.7. The normalized spacial score (nSPS) is 14.5. The molecule has 6 heteroatoms. The van der Waals surface area contributed by atoms with Gasteiger partial charge in [-0.25, -0.2) is 14.4 Å². The van der Waals surface area contributed by atoms with Crippen molar-refractivity contribution in [1.29, 1.82) is 0 Å². The highest BCUT2D eigenvalue weighted by Crippen LogP contribution is 2.26. The first-order valence-electron chi connectivity index (χ1n) is 8.31. The van der Waals surface area contributed by atoms with E-state index < -0.39 is 0 Å². The molecule has 0 radical (unpaired) electrons. The Morgan fingerprint density at radius 2 is 1.80 bits per heavy atom. The maximum atomic E-state index is 13.6. The van der Waals surface area contributed by atoms with Gasteiger partial charge in [-0.1, -0.05) is 12.1 Å². The van der Waals surface area contributed by atoms with Gasteiger partial charge in [-0.3, -0.25) is 4.98 Å². The van der Waals surface area contributed by atoms with Gasteiger partial charge in [-0.2, -0.15) is 0 Å². The topological polar surface area (TPSA) is 53.9 Å². The molecule has 3 heterocycles. The minimum Gasteiger partial charge on any atom is -0.354 e. The van der Waals surface area contributed by atoms with Gasteiger partial charge in [0.2, 0.25) is 0 Å². The van der Waals surface area contributed by atoms with E-state index in [2.05, 4.69) is 20.2 Å². The Balaban J connectivity index is 1.82. The maximum Gasteiger partial charge on any atom is 0.162 e. The highest BCUT2D eigenvalue weighted by molar-refractivity contribution is 5.67. The van der Waals surface area contributed by atoms with Gasteiger partial charge < -0.3 is 10.2 Å². The largest absolute Gasteiger partial charge is 0.354 e. The molecule has 1 aliphatic heterocycles. The molecular formula is C19H18FN5. The molecule has 0 atom stereocenters. The van der Waals surface area contributed by atoms with E-state index >= 15 is 0 Å². The number of hydrogen-bond donors (Lipinski definition) is 1. The van der Waals surface area contributed by atoms with Gasteiger partial charge in [0, 0.05) is 55.8 Å². The Morgan fingerprint density at radius 3 is 2.56 bits per heavy atom. The van der Waals surface area contributed by atoms with Crippen LogP contribution in [-0.2, 0) is 0 Å². The van der Waals surface area contributed by atoms with Crippen molar-refractivity contribution in [2.75, 3.05) is 31.1 Å². The smallest absolute Gasteiger partial charge is 0.162 e. The number of anilines is 1. The average molecular weight is 335 g/mol. The molecular weight excluding hydrogens is 317 g/mol. The molecule has 126 valence electrons. The van der Waals surface area contributed by atoms with E-state index in [1.807, 2.05) is 24.3 Å². The first kappa shape index (κ1) is 15.7. The first-order chi connectivity index (χ1) is 12.3. The van der Waals surface area contributed by atoms with Gasteiger partial charge >= 0.3 is 0 Å². The number of hydrogen-bond acceptors (Lipinski definition) is 5. The molecule has 3 aromatic rings. The molecule has 0 bridgehead atoms. The fourth-order valence-electron chi connectivity index (χ4n) is 2.91. The monoisotopic (exact) mass is 335 g/mol. The van der Waals surface area contributed by atoms with E-state index in [1.54, 1.807) is 18.5 Å². The van der Waals surface area contributed by atoms with Gasteiger partial charge in [-0.15, -0.1) is 0 Å². The second-order valence-electron chi connectivity index (χ2n) is 5.92. The molecule has 5 nitrogen and oxygen atoms in total. The molecule has 1 N–H and O–H groups in total. The molecule has 1 saturated heterocycles. The second kappa shape index (κ2) is 6.94. The molecule has 0 spiro atoms. The van der Waals surface area contributed by atoms with Crippen molar-refractivity contribution in [2.24, 2.45) is 0 Å². The van der Waals surface area contributed by atoms with Crippen LogP contribution in [0.4, 0.5) is 10.2 Å². The summed E-state index contributed by atoms with van der Waals surface area (Å²) in [6, 6.07) is 12.2. The summed E-state index contributed by atoms with van der Waals surface area (Å²) in [5.74, 6) is 1.08. The molecule has 2 aromatic heterocycles. The first-order valence-corrected chi connectivity index (χ1v) is 8.31. The van der Waals surface area contributed by atoms with Crippen LogP contribution in [0.5, 0.6) is 0 Å². The van der Waals surface area contributed by atoms with Crippen molar-refractivity contribution < 1.29 is 4.39 Å². The number of benzene rings is 1. The van der Waals surface area contributed by atoms with Crippen molar-refractivity contribution in [1.82, 2.24) is 20.3 Å². The molecule has 0 amide bonds. The van der Waals surface area contributed by atoms with Gasteiger partial charge in [0.1, 0.15) is 11.6 Å². The van der Waals surface area contributed by atoms with E-state index in [1.165, 1.54) is 12.1 Å². The van der Waals surface area contributed by atoms with Crippen molar-refractivity contribution in [2.45, 2.75) is 0 Å². The van der Waals surface area contributed by atoms with Crippen LogP contribution in [0.15, 0.2) is 54.9 Å². The minimum atomic E-state index is -0.295. The van der Waals surface area contributed by atoms with Crippen LogP contribution in [0.1, 0.15) is 0 Å². The summed E-state index contributed by atoms with van der Waals surface area (Å²) < 4.78 is 13.6. The van der Waals surface area contributed by atoms with Gasteiger partial charge in [-0.05, 0) is 24.3 Å². The lowest BCUT2D eigenvalue weighted by Crippen LogP contribution is -2.44. The van der Waals surface area contributed by atoms with Crippen molar-refractivity contribution >= 4 is 5.82 Å². The van der Waals surface area contributed by atoms with Crippen molar-refractivity contribution in [3.63, 3.8) is 0 Å². The van der Waals surface area contributed by atoms with Crippen LogP contribution in [0, 0.1) is 5.82 Å². The Bertz CT molecular complexity index is 863. The molecule has 1 aliphatic rings. The quantitative estimate of drug-likeness (QED) is 0.798. The molecule has 0 unspecified atom stereocenters. The summed E-state index contributed by atoms with van der Waals surface area (Å²) in [4.78, 5) is 15.7. The van der Waals surface area contributed by atoms with Crippen molar-refractivity contribution in [3.05, 3.63) is 60.7 Å². The van der Waals surface area contributed by atoms with Crippen LogP contribution >= 0.6 is 0 Å². The van der Waals surface area contributed by atoms with Crippen molar-refractivity contribution in [3.8, 4) is 22.6 Å². The minimum absolute atomic E-state index is 0.295. The van der Waals surface area contributed by atoms with Crippen LogP contribution in [-0.4, -0.2) is 41.1 Å². The maximum absolute atomic E-state index is 13.6. The van der Waals surface area contributed by atoms with Crippen LogP contribution in [0.3, 0.4) is 0 Å². The lowest BCUT2D eigenvalue weighted by molar-refractivity contribution is 0.585. The molecule has 0 saturated carbocycles.